The number of hydrogen-bond acceptors (Lipinski definition) is 4. The third-order valence-electron chi connectivity index (χ3n) is 5.42. The topological polar surface area (TPSA) is 75.7 Å². The highest BCUT2D eigenvalue weighted by Crippen LogP contribution is 2.26. The number of nitrogens with one attached hydrogen (secondary N) is 1. The molecule has 1 N–H and O–H groups in total. The maximum atomic E-state index is 12.9. The fourth-order valence-electron chi connectivity index (χ4n) is 3.87. The molecule has 1 aromatic carbocycles. The maximum absolute atomic E-state index is 12.9. The lowest BCUT2D eigenvalue weighted by Gasteiger charge is -2.31. The quantitative estimate of drug-likeness (QED) is 0.770. The highest BCUT2D eigenvalue weighted by Gasteiger charge is 2.30. The molecule has 1 aromatic rings. The highest BCUT2D eigenvalue weighted by atomic mass is 32.2. The Morgan fingerprint density at radius 1 is 1.15 bits per heavy atom. The Kier molecular flexibility index (Phi) is 6.76. The molecule has 7 heteroatoms. The number of carbonyl (C=O) groups is 1. The summed E-state index contributed by atoms with van der Waals surface area (Å²) in [7, 11) is -2.97. The van der Waals surface area contributed by atoms with Crippen LogP contribution in [0.2, 0.25) is 0 Å². The van der Waals surface area contributed by atoms with Crippen molar-refractivity contribution in [3.63, 3.8) is 0 Å². The second-order valence-electron chi connectivity index (χ2n) is 7.73. The molecule has 1 saturated heterocycles. The zero-order chi connectivity index (χ0) is 19.3. The summed E-state index contributed by atoms with van der Waals surface area (Å²) in [4.78, 5) is 14.9. The fourth-order valence-corrected chi connectivity index (χ4v) is 4.48. The number of ether oxygens (including phenoxy) is 1. The van der Waals surface area contributed by atoms with Gasteiger partial charge in [-0.1, -0.05) is 25.0 Å². The number of anilines is 1. The van der Waals surface area contributed by atoms with E-state index in [1.807, 2.05) is 29.2 Å². The molecule has 0 bridgehead atoms. The minimum atomic E-state index is -2.97. The van der Waals surface area contributed by atoms with Crippen LogP contribution in [0.3, 0.4) is 0 Å². The summed E-state index contributed by atoms with van der Waals surface area (Å²) in [6.07, 6.45) is 8.44. The SMILES string of the molecule is CS(=O)(=O)CCc1ccc(NC(=O)N(C[C@@H]2CCCO2)C2CCCC2)cc1. The van der Waals surface area contributed by atoms with E-state index in [0.717, 1.165) is 43.5 Å². The Balaban J connectivity index is 1.60. The molecule has 2 amide bonds. The Morgan fingerprint density at radius 3 is 2.44 bits per heavy atom. The van der Waals surface area contributed by atoms with Gasteiger partial charge in [0.1, 0.15) is 9.84 Å². The molecule has 1 saturated carbocycles. The van der Waals surface area contributed by atoms with Gasteiger partial charge >= 0.3 is 6.03 Å². The van der Waals surface area contributed by atoms with Crippen LogP contribution in [0.4, 0.5) is 10.5 Å². The standard InChI is InChI=1S/C20H30N2O4S/c1-27(24,25)14-12-16-8-10-17(11-9-16)21-20(23)22(18-5-2-3-6-18)15-19-7-4-13-26-19/h8-11,18-19H,2-7,12-15H2,1H3,(H,21,23)/t19-/m0/s1. The molecule has 150 valence electrons. The van der Waals surface area contributed by atoms with E-state index in [0.29, 0.717) is 19.0 Å². The third kappa shape index (κ3) is 6.21. The van der Waals surface area contributed by atoms with E-state index in [4.69, 9.17) is 4.74 Å². The summed E-state index contributed by atoms with van der Waals surface area (Å²) in [5.74, 6) is 0.134. The average molecular weight is 395 g/mol. The van der Waals surface area contributed by atoms with E-state index in [-0.39, 0.29) is 17.9 Å². The molecule has 0 radical (unpaired) electrons. The van der Waals surface area contributed by atoms with Crippen molar-refractivity contribution < 1.29 is 17.9 Å². The number of nitrogens with zero attached hydrogens (tertiary/aromatic N) is 1. The highest BCUT2D eigenvalue weighted by molar-refractivity contribution is 7.90. The van der Waals surface area contributed by atoms with Crippen LogP contribution in [0.5, 0.6) is 0 Å². The first-order chi connectivity index (χ1) is 12.9. The number of urea groups is 1. The van der Waals surface area contributed by atoms with Crippen LogP contribution in [-0.2, 0) is 21.0 Å². The molecule has 1 aliphatic carbocycles. The number of benzene rings is 1. The Morgan fingerprint density at radius 2 is 1.85 bits per heavy atom. The van der Waals surface area contributed by atoms with Crippen LogP contribution in [0.25, 0.3) is 0 Å². The number of amides is 2. The van der Waals surface area contributed by atoms with Gasteiger partial charge in [0.2, 0.25) is 0 Å². The van der Waals surface area contributed by atoms with E-state index in [1.165, 1.54) is 19.1 Å². The number of hydrogen-bond donors (Lipinski definition) is 1. The Labute approximate surface area is 162 Å². The summed E-state index contributed by atoms with van der Waals surface area (Å²) in [6, 6.07) is 7.66. The lowest BCUT2D eigenvalue weighted by Crippen LogP contribution is -2.45. The summed E-state index contributed by atoms with van der Waals surface area (Å²) in [5.41, 5.74) is 1.68. The molecular formula is C20H30N2O4S. The van der Waals surface area contributed by atoms with Crippen molar-refractivity contribution >= 4 is 21.6 Å². The first kappa shape index (κ1) is 20.1. The zero-order valence-corrected chi connectivity index (χ0v) is 16.8. The molecule has 2 fully saturated rings. The summed E-state index contributed by atoms with van der Waals surface area (Å²) < 4.78 is 28.3. The van der Waals surface area contributed by atoms with Gasteiger partial charge in [0.25, 0.3) is 0 Å². The van der Waals surface area contributed by atoms with Crippen LogP contribution in [0, 0.1) is 0 Å². The first-order valence-corrected chi connectivity index (χ1v) is 11.9. The second-order valence-corrected chi connectivity index (χ2v) is 9.99. The molecule has 0 unspecified atom stereocenters. The molecule has 6 nitrogen and oxygen atoms in total. The molecule has 27 heavy (non-hydrogen) atoms. The molecule has 2 aliphatic rings. The van der Waals surface area contributed by atoms with Gasteiger partial charge < -0.3 is 15.0 Å². The van der Waals surface area contributed by atoms with E-state index >= 15 is 0 Å². The van der Waals surface area contributed by atoms with Gasteiger partial charge in [0.05, 0.1) is 11.9 Å². The number of aryl methyl sites for hydroxylation is 1. The smallest absolute Gasteiger partial charge is 0.322 e. The van der Waals surface area contributed by atoms with Gasteiger partial charge in [-0.2, -0.15) is 0 Å². The van der Waals surface area contributed by atoms with E-state index in [9.17, 15) is 13.2 Å². The number of rotatable bonds is 7. The number of sulfone groups is 1. The van der Waals surface area contributed by atoms with Crippen molar-refractivity contribution in [3.8, 4) is 0 Å². The minimum absolute atomic E-state index is 0.0683. The summed E-state index contributed by atoms with van der Waals surface area (Å²) in [6.45, 7) is 1.45. The summed E-state index contributed by atoms with van der Waals surface area (Å²) in [5, 5.41) is 3.01. The molecule has 1 atom stereocenters. The van der Waals surface area contributed by atoms with Gasteiger partial charge in [-0.25, -0.2) is 13.2 Å². The van der Waals surface area contributed by atoms with Gasteiger partial charge in [-0.05, 0) is 49.8 Å². The lowest BCUT2D eigenvalue weighted by atomic mass is 10.1. The molecule has 0 spiro atoms. The van der Waals surface area contributed by atoms with Gasteiger partial charge in [0.15, 0.2) is 0 Å². The van der Waals surface area contributed by atoms with Crippen molar-refractivity contribution in [2.24, 2.45) is 0 Å². The second kappa shape index (κ2) is 9.06. The van der Waals surface area contributed by atoms with Gasteiger partial charge in [-0.15, -0.1) is 0 Å². The van der Waals surface area contributed by atoms with Crippen LogP contribution in [-0.4, -0.2) is 56.7 Å². The average Bonchev–Trinajstić information content (AvgIpc) is 3.32. The van der Waals surface area contributed by atoms with E-state index in [1.54, 1.807) is 0 Å². The largest absolute Gasteiger partial charge is 0.376 e. The van der Waals surface area contributed by atoms with Gasteiger partial charge in [0, 0.05) is 31.1 Å². The molecular weight excluding hydrogens is 364 g/mol. The first-order valence-electron chi connectivity index (χ1n) is 9.86. The maximum Gasteiger partial charge on any atom is 0.322 e. The Hall–Kier alpha value is -1.60. The third-order valence-corrected chi connectivity index (χ3v) is 6.36. The predicted octanol–water partition coefficient (Wildman–Crippen LogP) is 3.23. The van der Waals surface area contributed by atoms with Crippen molar-refractivity contribution in [2.45, 2.75) is 57.1 Å². The monoisotopic (exact) mass is 394 g/mol. The fraction of sp³-hybridized carbons (Fsp3) is 0.650. The molecule has 0 aromatic heterocycles. The van der Waals surface area contributed by atoms with Crippen LogP contribution >= 0.6 is 0 Å². The minimum Gasteiger partial charge on any atom is -0.376 e. The van der Waals surface area contributed by atoms with Crippen molar-refractivity contribution in [1.29, 1.82) is 0 Å². The summed E-state index contributed by atoms with van der Waals surface area (Å²) >= 11 is 0. The van der Waals surface area contributed by atoms with Crippen molar-refractivity contribution in [2.75, 3.05) is 30.5 Å². The lowest BCUT2D eigenvalue weighted by molar-refractivity contribution is 0.0729. The van der Waals surface area contributed by atoms with Crippen LogP contribution in [0.15, 0.2) is 24.3 Å². The Bertz CT molecular complexity index is 721. The zero-order valence-electron chi connectivity index (χ0n) is 16.0. The van der Waals surface area contributed by atoms with Crippen molar-refractivity contribution in [3.05, 3.63) is 29.8 Å². The predicted molar refractivity (Wildman–Crippen MR) is 107 cm³/mol. The van der Waals surface area contributed by atoms with Crippen LogP contribution < -0.4 is 5.32 Å². The molecule has 1 heterocycles. The van der Waals surface area contributed by atoms with E-state index in [2.05, 4.69) is 5.32 Å². The van der Waals surface area contributed by atoms with Crippen LogP contribution in [0.1, 0.15) is 44.1 Å². The molecule has 1 aliphatic heterocycles. The van der Waals surface area contributed by atoms with E-state index < -0.39 is 9.84 Å². The normalized spacial score (nSPS) is 20.7. The van der Waals surface area contributed by atoms with Gasteiger partial charge in [-0.3, -0.25) is 0 Å². The number of carbonyl (C=O) groups excluding carboxylic acids is 1. The molecule has 3 rings (SSSR count). The van der Waals surface area contributed by atoms with Crippen molar-refractivity contribution in [1.82, 2.24) is 4.90 Å².